The smallest absolute Gasteiger partial charge is 0.272 e. The van der Waals surface area contributed by atoms with Crippen molar-refractivity contribution in [2.24, 2.45) is 0 Å². The first-order chi connectivity index (χ1) is 14.8. The van der Waals surface area contributed by atoms with Gasteiger partial charge in [-0.15, -0.1) is 5.54 Å². The van der Waals surface area contributed by atoms with E-state index in [1.165, 1.54) is 6.33 Å². The zero-order chi connectivity index (χ0) is 23.8. The van der Waals surface area contributed by atoms with Crippen LogP contribution in [0, 0.1) is 11.5 Å². The minimum atomic E-state index is -1.66. The van der Waals surface area contributed by atoms with Crippen LogP contribution >= 0.6 is 0 Å². The monoisotopic (exact) mass is 430 g/mol. The molecule has 1 aliphatic rings. The van der Waals surface area contributed by atoms with E-state index in [1.807, 2.05) is 0 Å². The molecule has 0 saturated carbocycles. The maximum Gasteiger partial charge on any atom is 0.272 e. The van der Waals surface area contributed by atoms with E-state index in [1.54, 1.807) is 31.3 Å². The molecule has 8 nitrogen and oxygen atoms in total. The Labute approximate surface area is 182 Å². The van der Waals surface area contributed by atoms with Gasteiger partial charge in [0.05, 0.1) is 17.6 Å². The number of aliphatic hydroxyl groups is 1. The van der Waals surface area contributed by atoms with Gasteiger partial charge in [0.1, 0.15) is 43.7 Å². The van der Waals surface area contributed by atoms with Gasteiger partial charge in [0.2, 0.25) is 0 Å². The average Bonchev–Trinajstić information content (AvgIpc) is 3.14. The highest BCUT2D eigenvalue weighted by molar-refractivity contribution is 6.83. The maximum atomic E-state index is 11.5. The first-order valence-corrected chi connectivity index (χ1v) is 13.4. The van der Waals surface area contributed by atoms with Gasteiger partial charge in [0, 0.05) is 8.87 Å². The molecular weight excluding hydrogens is 398 g/mol. The number of aromatic nitrogens is 3. The minimum Gasteiger partial charge on any atom is -0.437 e. The molecule has 2 aromatic rings. The van der Waals surface area contributed by atoms with E-state index in [9.17, 15) is 5.11 Å². The molecule has 2 unspecified atom stereocenters. The van der Waals surface area contributed by atoms with Crippen molar-refractivity contribution in [3.63, 3.8) is 0 Å². The van der Waals surface area contributed by atoms with Crippen LogP contribution in [-0.2, 0) is 14.0 Å². The van der Waals surface area contributed by atoms with Gasteiger partial charge >= 0.3 is 0 Å². The standard InChI is InChI=1S/C19H30B2N4O4Si/c1-19(26)15(29-21-3)13(10-27-20-2)28-18(19)25-9-12(7-8-30(4,5)6)14-16(22)23-11-24-17(14)25/h9,11,13,15,18,20-21,26H,10H2,1-6H3,(H2,22,23,24)/t13-,15-,18?,19?/m1/s1/i20D,21D. The van der Waals surface area contributed by atoms with Crippen LogP contribution in [0.3, 0.4) is 0 Å². The van der Waals surface area contributed by atoms with E-state index in [2.05, 4.69) is 41.1 Å². The fourth-order valence-electron chi connectivity index (χ4n) is 3.57. The molecule has 0 aromatic carbocycles. The van der Waals surface area contributed by atoms with E-state index in [0.29, 0.717) is 22.4 Å². The van der Waals surface area contributed by atoms with Gasteiger partial charge in [-0.25, -0.2) is 9.97 Å². The third-order valence-electron chi connectivity index (χ3n) is 4.89. The lowest BCUT2D eigenvalue weighted by Crippen LogP contribution is -2.46. The number of ether oxygens (including phenoxy) is 1. The number of nitrogens with zero attached hydrogens (tertiary/aromatic N) is 3. The van der Waals surface area contributed by atoms with Crippen LogP contribution in [0.4, 0.5) is 5.82 Å². The Morgan fingerprint density at radius 1 is 1.40 bits per heavy atom. The largest absolute Gasteiger partial charge is 0.437 e. The molecule has 0 aliphatic carbocycles. The van der Waals surface area contributed by atoms with Gasteiger partial charge in [0.15, 0.2) is 6.23 Å². The molecule has 1 aliphatic heterocycles. The summed E-state index contributed by atoms with van der Waals surface area (Å²) < 4.78 is 34.5. The van der Waals surface area contributed by atoms with E-state index in [0.717, 1.165) is 0 Å². The number of rotatable bonds is 6. The van der Waals surface area contributed by atoms with Crippen LogP contribution in [0.1, 0.15) is 18.7 Å². The van der Waals surface area contributed by atoms with E-state index < -0.39 is 47.0 Å². The Kier molecular flexibility index (Phi) is 5.84. The van der Waals surface area contributed by atoms with Gasteiger partial charge in [-0.3, -0.25) is 0 Å². The lowest BCUT2D eigenvalue weighted by Gasteiger charge is -2.30. The van der Waals surface area contributed by atoms with E-state index in [-0.39, 0.29) is 6.61 Å². The van der Waals surface area contributed by atoms with Crippen molar-refractivity contribution >= 4 is 39.8 Å². The Hall–Kier alpha value is -1.83. The van der Waals surface area contributed by atoms with Crippen molar-refractivity contribution in [2.75, 3.05) is 12.3 Å². The predicted molar refractivity (Wildman–Crippen MR) is 124 cm³/mol. The van der Waals surface area contributed by atoms with Crippen molar-refractivity contribution in [3.8, 4) is 11.5 Å². The Morgan fingerprint density at radius 3 is 2.77 bits per heavy atom. The van der Waals surface area contributed by atoms with Crippen LogP contribution in [0.25, 0.3) is 11.0 Å². The van der Waals surface area contributed by atoms with Crippen molar-refractivity contribution < 1.29 is 19.2 Å². The van der Waals surface area contributed by atoms with E-state index in [4.69, 9.17) is 22.5 Å². The molecule has 1 fully saturated rings. The number of anilines is 1. The molecule has 0 spiro atoms. The molecule has 11 heteroatoms. The summed E-state index contributed by atoms with van der Waals surface area (Å²) in [4.78, 5) is 8.50. The molecule has 4 atom stereocenters. The molecule has 2 aromatic heterocycles. The fourth-order valence-corrected chi connectivity index (χ4v) is 4.07. The summed E-state index contributed by atoms with van der Waals surface area (Å²) in [7, 11) is -3.32. The minimum absolute atomic E-state index is 0.0350. The Balaban J connectivity index is 2.10. The van der Waals surface area contributed by atoms with Crippen LogP contribution in [-0.4, -0.2) is 69.7 Å². The van der Waals surface area contributed by atoms with E-state index >= 15 is 0 Å². The zero-order valence-corrected chi connectivity index (χ0v) is 19.3. The third-order valence-corrected chi connectivity index (χ3v) is 5.77. The average molecular weight is 430 g/mol. The molecule has 3 rings (SSSR count). The highest BCUT2D eigenvalue weighted by atomic mass is 28.3. The summed E-state index contributed by atoms with van der Waals surface area (Å²) in [5.74, 6) is 3.51. The quantitative estimate of drug-likeness (QED) is 0.522. The van der Waals surface area contributed by atoms with Gasteiger partial charge in [-0.2, -0.15) is 0 Å². The lowest BCUT2D eigenvalue weighted by molar-refractivity contribution is -0.0915. The van der Waals surface area contributed by atoms with Crippen molar-refractivity contribution in [3.05, 3.63) is 18.1 Å². The molecule has 30 heavy (non-hydrogen) atoms. The van der Waals surface area contributed by atoms with Crippen LogP contribution in [0.5, 0.6) is 0 Å². The SMILES string of the molecule is [2H]B(C)OC[C@H]1OC(n2cc(C#C[Si](C)(C)C)c3c(N)ncnc32)C(C)(O)[C@@H]1OB([2H])C. The molecule has 3 heterocycles. The van der Waals surface area contributed by atoms with Gasteiger partial charge < -0.3 is 29.5 Å². The number of nitrogens with two attached hydrogens (primary N) is 1. The fraction of sp³-hybridized carbons (Fsp3) is 0.579. The molecule has 0 bridgehead atoms. The number of fused-ring (bicyclic) bond motifs is 1. The van der Waals surface area contributed by atoms with Crippen molar-refractivity contribution in [2.45, 2.75) is 64.2 Å². The highest BCUT2D eigenvalue weighted by Crippen LogP contribution is 2.42. The van der Waals surface area contributed by atoms with Crippen LogP contribution in [0.2, 0.25) is 33.3 Å². The second-order valence-corrected chi connectivity index (χ2v) is 13.3. The Bertz CT molecular complexity index is 1040. The first kappa shape index (κ1) is 20.1. The Morgan fingerprint density at radius 2 is 2.13 bits per heavy atom. The number of hydrogen-bond donors (Lipinski definition) is 2. The van der Waals surface area contributed by atoms with Crippen LogP contribution in [0.15, 0.2) is 12.5 Å². The van der Waals surface area contributed by atoms with Gasteiger partial charge in [-0.05, 0) is 6.92 Å². The molecule has 1 saturated heterocycles. The van der Waals surface area contributed by atoms with Crippen LogP contribution < -0.4 is 5.73 Å². The third kappa shape index (κ3) is 4.43. The molecule has 0 radical (unpaired) electrons. The summed E-state index contributed by atoms with van der Waals surface area (Å²) in [5.41, 5.74) is 9.11. The second-order valence-electron chi connectivity index (χ2n) is 8.52. The molecule has 0 amide bonds. The maximum absolute atomic E-state index is 11.5. The van der Waals surface area contributed by atoms with Crippen molar-refractivity contribution in [1.29, 1.82) is 2.67 Å². The number of hydrogen-bond acceptors (Lipinski definition) is 7. The molecular formula is C19H30B2N4O4Si. The first-order valence-electron chi connectivity index (χ1n) is 11.1. The summed E-state index contributed by atoms with van der Waals surface area (Å²) in [6.07, 6.45) is 0.672. The highest BCUT2D eigenvalue weighted by Gasteiger charge is 2.54. The summed E-state index contributed by atoms with van der Waals surface area (Å²) in [5, 5.41) is 12.1. The lowest BCUT2D eigenvalue weighted by atomic mass is 9.93. The summed E-state index contributed by atoms with van der Waals surface area (Å²) in [6.45, 7) is 11.2. The topological polar surface area (TPSA) is 105 Å². The summed E-state index contributed by atoms with van der Waals surface area (Å²) in [6, 6.07) is 0. The molecule has 160 valence electrons. The summed E-state index contributed by atoms with van der Waals surface area (Å²) >= 11 is 0. The van der Waals surface area contributed by atoms with Crippen molar-refractivity contribution in [1.82, 2.24) is 14.5 Å². The zero-order valence-electron chi connectivity index (χ0n) is 20.3. The van der Waals surface area contributed by atoms with Gasteiger partial charge in [-0.1, -0.05) is 39.2 Å². The normalized spacial score (nSPS) is 27.4. The predicted octanol–water partition coefficient (Wildman–Crippen LogP) is 1.09. The number of nitrogen functional groups attached to an aromatic ring is 1. The molecule has 3 N–H and O–H groups in total. The second kappa shape index (κ2) is 8.73. The van der Waals surface area contributed by atoms with Gasteiger partial charge in [0.25, 0.3) is 14.9 Å².